The Kier molecular flexibility index (Phi) is 6.23. The number of sulfone groups is 1. The van der Waals surface area contributed by atoms with Gasteiger partial charge >= 0.3 is 0 Å². The first-order valence-electron chi connectivity index (χ1n) is 8.21. The van der Waals surface area contributed by atoms with Crippen LogP contribution in [0.5, 0.6) is 5.75 Å². The van der Waals surface area contributed by atoms with Crippen molar-refractivity contribution in [3.63, 3.8) is 0 Å². The summed E-state index contributed by atoms with van der Waals surface area (Å²) in [7, 11) is -2.94. The van der Waals surface area contributed by atoms with Crippen LogP contribution >= 0.6 is 0 Å². The van der Waals surface area contributed by atoms with Gasteiger partial charge in [-0.05, 0) is 38.1 Å². The molecule has 2 rings (SSSR count). The van der Waals surface area contributed by atoms with Gasteiger partial charge in [0.05, 0.1) is 11.9 Å². The lowest BCUT2D eigenvalue weighted by atomic mass is 10.1. The zero-order chi connectivity index (χ0) is 17.7. The highest BCUT2D eigenvalue weighted by Crippen LogP contribution is 2.16. The van der Waals surface area contributed by atoms with Gasteiger partial charge < -0.3 is 9.64 Å². The van der Waals surface area contributed by atoms with Crippen LogP contribution in [0.25, 0.3) is 0 Å². The van der Waals surface area contributed by atoms with Crippen molar-refractivity contribution in [1.82, 2.24) is 9.80 Å². The van der Waals surface area contributed by atoms with Gasteiger partial charge in [0, 0.05) is 44.5 Å². The lowest BCUT2D eigenvalue weighted by Gasteiger charge is -2.34. The van der Waals surface area contributed by atoms with Crippen LogP contribution in [0.4, 0.5) is 0 Å². The maximum atomic E-state index is 12.5. The summed E-state index contributed by atoms with van der Waals surface area (Å²) in [5.74, 6) is 0.930. The molecule has 1 heterocycles. The minimum Gasteiger partial charge on any atom is -0.491 e. The van der Waals surface area contributed by atoms with Crippen molar-refractivity contribution in [3.05, 3.63) is 29.8 Å². The highest BCUT2D eigenvalue weighted by Gasteiger charge is 2.22. The molecule has 6 nitrogen and oxygen atoms in total. The summed E-state index contributed by atoms with van der Waals surface area (Å²) in [5.41, 5.74) is 0.649. The van der Waals surface area contributed by atoms with E-state index >= 15 is 0 Å². The molecule has 0 atom stereocenters. The van der Waals surface area contributed by atoms with E-state index in [2.05, 4.69) is 4.90 Å². The molecule has 1 aliphatic heterocycles. The van der Waals surface area contributed by atoms with Crippen LogP contribution in [0.15, 0.2) is 24.3 Å². The van der Waals surface area contributed by atoms with Crippen LogP contribution < -0.4 is 4.74 Å². The molecule has 0 spiro atoms. The molecule has 0 saturated carbocycles. The zero-order valence-electron chi connectivity index (χ0n) is 14.6. The topological polar surface area (TPSA) is 66.9 Å². The molecule has 1 saturated heterocycles. The molecule has 0 N–H and O–H groups in total. The summed E-state index contributed by atoms with van der Waals surface area (Å²) in [6, 6.07) is 7.21. The minimum absolute atomic E-state index is 0.00820. The smallest absolute Gasteiger partial charge is 0.253 e. The van der Waals surface area contributed by atoms with Gasteiger partial charge in [0.2, 0.25) is 0 Å². The van der Waals surface area contributed by atoms with E-state index in [9.17, 15) is 13.2 Å². The second-order valence-corrected chi connectivity index (χ2v) is 8.71. The van der Waals surface area contributed by atoms with E-state index in [-0.39, 0.29) is 17.8 Å². The third-order valence-corrected chi connectivity index (χ3v) is 4.84. The molecule has 0 unspecified atom stereocenters. The molecule has 24 heavy (non-hydrogen) atoms. The third-order valence-electron chi connectivity index (χ3n) is 3.91. The van der Waals surface area contributed by atoms with Gasteiger partial charge in [-0.25, -0.2) is 8.42 Å². The lowest BCUT2D eigenvalue weighted by Crippen LogP contribution is -2.49. The average molecular weight is 354 g/mol. The Morgan fingerprint density at radius 3 is 2.21 bits per heavy atom. The van der Waals surface area contributed by atoms with Gasteiger partial charge in [-0.15, -0.1) is 0 Å². The highest BCUT2D eigenvalue weighted by molar-refractivity contribution is 7.90. The molecule has 0 radical (unpaired) electrons. The Balaban J connectivity index is 1.86. The Morgan fingerprint density at radius 1 is 1.12 bits per heavy atom. The van der Waals surface area contributed by atoms with E-state index in [1.165, 1.54) is 6.26 Å². The first kappa shape index (κ1) is 18.7. The van der Waals surface area contributed by atoms with Crippen molar-refractivity contribution in [2.45, 2.75) is 20.0 Å². The fraction of sp³-hybridized carbons (Fsp3) is 0.588. The van der Waals surface area contributed by atoms with Gasteiger partial charge in [0.25, 0.3) is 5.91 Å². The fourth-order valence-corrected chi connectivity index (χ4v) is 3.19. The van der Waals surface area contributed by atoms with Crippen molar-refractivity contribution in [1.29, 1.82) is 0 Å². The first-order chi connectivity index (χ1) is 11.2. The number of piperazine rings is 1. The van der Waals surface area contributed by atoms with Crippen LogP contribution in [0, 0.1) is 0 Å². The number of hydrogen-bond acceptors (Lipinski definition) is 5. The summed E-state index contributed by atoms with van der Waals surface area (Å²) >= 11 is 0. The first-order valence-corrected chi connectivity index (χ1v) is 10.3. The normalized spacial score (nSPS) is 16.4. The van der Waals surface area contributed by atoms with Crippen molar-refractivity contribution < 1.29 is 17.9 Å². The molecule has 1 amide bonds. The molecule has 1 aromatic rings. The van der Waals surface area contributed by atoms with Gasteiger partial charge in [-0.3, -0.25) is 9.69 Å². The van der Waals surface area contributed by atoms with E-state index in [1.807, 2.05) is 30.9 Å². The molecule has 0 aliphatic carbocycles. The quantitative estimate of drug-likeness (QED) is 0.770. The Bertz CT molecular complexity index is 648. The molecule has 1 fully saturated rings. The summed E-state index contributed by atoms with van der Waals surface area (Å²) < 4.78 is 28.0. The molecule has 0 bridgehead atoms. The van der Waals surface area contributed by atoms with Gasteiger partial charge in [0.1, 0.15) is 15.6 Å². The van der Waals surface area contributed by atoms with E-state index in [4.69, 9.17) is 4.74 Å². The number of amides is 1. The predicted octanol–water partition coefficient (Wildman–Crippen LogP) is 1.28. The molecule has 0 aromatic heterocycles. The monoisotopic (exact) mass is 354 g/mol. The largest absolute Gasteiger partial charge is 0.491 e. The number of rotatable bonds is 6. The van der Waals surface area contributed by atoms with Gasteiger partial charge in [-0.1, -0.05) is 0 Å². The number of carbonyl (C=O) groups excluding carboxylic acids is 1. The van der Waals surface area contributed by atoms with Crippen LogP contribution in [0.3, 0.4) is 0 Å². The molecule has 134 valence electrons. The van der Waals surface area contributed by atoms with Crippen LogP contribution in [0.1, 0.15) is 24.2 Å². The minimum atomic E-state index is -2.94. The Morgan fingerprint density at radius 2 is 1.71 bits per heavy atom. The summed E-state index contributed by atoms with van der Waals surface area (Å²) in [6.07, 6.45) is 1.35. The molecule has 1 aromatic carbocycles. The number of ether oxygens (including phenoxy) is 1. The average Bonchev–Trinajstić information content (AvgIpc) is 2.52. The summed E-state index contributed by atoms with van der Waals surface area (Å²) in [5, 5.41) is 0. The van der Waals surface area contributed by atoms with Crippen molar-refractivity contribution in [2.24, 2.45) is 0 Å². The lowest BCUT2D eigenvalue weighted by molar-refractivity contribution is 0.0644. The molecular weight excluding hydrogens is 328 g/mol. The SMILES string of the molecule is CC(C)Oc1ccc(C(=O)N2CCN(CCS(C)(=O)=O)CC2)cc1. The maximum absolute atomic E-state index is 12.5. The van der Waals surface area contributed by atoms with E-state index in [0.717, 1.165) is 5.75 Å². The fourth-order valence-electron chi connectivity index (χ4n) is 2.60. The van der Waals surface area contributed by atoms with E-state index < -0.39 is 9.84 Å². The standard InChI is InChI=1S/C17H26N2O4S/c1-14(2)23-16-6-4-15(5-7-16)17(20)19-10-8-18(9-11-19)12-13-24(3,21)22/h4-7,14H,8-13H2,1-3H3. The van der Waals surface area contributed by atoms with Crippen molar-refractivity contribution in [3.8, 4) is 5.75 Å². The summed E-state index contributed by atoms with van der Waals surface area (Å²) in [4.78, 5) is 16.4. The Labute approximate surface area is 144 Å². The third kappa shape index (κ3) is 5.79. The van der Waals surface area contributed by atoms with Gasteiger partial charge in [-0.2, -0.15) is 0 Å². The highest BCUT2D eigenvalue weighted by atomic mass is 32.2. The number of hydrogen-bond donors (Lipinski definition) is 0. The van der Waals surface area contributed by atoms with Crippen LogP contribution in [-0.4, -0.2) is 75.0 Å². The maximum Gasteiger partial charge on any atom is 0.253 e. The second kappa shape index (κ2) is 7.98. The zero-order valence-corrected chi connectivity index (χ0v) is 15.4. The Hall–Kier alpha value is -1.60. The van der Waals surface area contributed by atoms with E-state index in [1.54, 1.807) is 12.1 Å². The predicted molar refractivity (Wildman–Crippen MR) is 94.3 cm³/mol. The van der Waals surface area contributed by atoms with Crippen LogP contribution in [0.2, 0.25) is 0 Å². The number of benzene rings is 1. The molecular formula is C17H26N2O4S. The summed E-state index contributed by atoms with van der Waals surface area (Å²) in [6.45, 7) is 7.10. The van der Waals surface area contributed by atoms with Crippen LogP contribution in [-0.2, 0) is 9.84 Å². The second-order valence-electron chi connectivity index (χ2n) is 6.45. The number of nitrogens with zero attached hydrogens (tertiary/aromatic N) is 2. The van der Waals surface area contributed by atoms with Crippen molar-refractivity contribution >= 4 is 15.7 Å². The van der Waals surface area contributed by atoms with Crippen molar-refractivity contribution in [2.75, 3.05) is 44.7 Å². The number of carbonyl (C=O) groups is 1. The molecule has 7 heteroatoms. The van der Waals surface area contributed by atoms with E-state index in [0.29, 0.717) is 38.3 Å². The van der Waals surface area contributed by atoms with Gasteiger partial charge in [0.15, 0.2) is 0 Å². The molecule has 1 aliphatic rings.